The third kappa shape index (κ3) is 4.86. The van der Waals surface area contributed by atoms with Gasteiger partial charge in [0.25, 0.3) is 5.91 Å². The third-order valence-corrected chi connectivity index (χ3v) is 6.88. The topological polar surface area (TPSA) is 79.5 Å². The maximum atomic E-state index is 13.2. The summed E-state index contributed by atoms with van der Waals surface area (Å²) in [5.74, 6) is -0.368. The zero-order valence-corrected chi connectivity index (χ0v) is 21.8. The summed E-state index contributed by atoms with van der Waals surface area (Å²) in [6.07, 6.45) is 1.46. The molecule has 1 amide bonds. The van der Waals surface area contributed by atoms with Crippen molar-refractivity contribution < 1.29 is 9.90 Å². The molecule has 2 N–H and O–H groups in total. The van der Waals surface area contributed by atoms with E-state index in [1.807, 2.05) is 91.9 Å². The second kappa shape index (κ2) is 10.7. The van der Waals surface area contributed by atoms with Crippen LogP contribution in [0, 0.1) is 6.92 Å². The number of benzene rings is 5. The molecule has 0 atom stereocenters. The summed E-state index contributed by atoms with van der Waals surface area (Å²) in [5, 5.41) is 21.0. The molecule has 0 spiro atoms. The van der Waals surface area contributed by atoms with Crippen LogP contribution < -0.4 is 5.43 Å². The van der Waals surface area contributed by atoms with E-state index in [1.165, 1.54) is 6.21 Å². The number of aryl methyl sites for hydroxylation is 1. The molecule has 0 aliphatic carbocycles. The van der Waals surface area contributed by atoms with Gasteiger partial charge in [0.2, 0.25) is 0 Å². The van der Waals surface area contributed by atoms with Crippen molar-refractivity contribution in [1.82, 2.24) is 15.2 Å². The van der Waals surface area contributed by atoms with Gasteiger partial charge in [0.1, 0.15) is 5.75 Å². The number of carbonyl (C=O) groups is 1. The van der Waals surface area contributed by atoms with Crippen molar-refractivity contribution in [2.24, 2.45) is 5.10 Å². The minimum atomic E-state index is -0.453. The van der Waals surface area contributed by atoms with E-state index >= 15 is 0 Å². The molecule has 0 aliphatic heterocycles. The molecule has 0 fully saturated rings. The Kier molecular flexibility index (Phi) is 6.65. The van der Waals surface area contributed by atoms with Gasteiger partial charge in [0.15, 0.2) is 5.69 Å². The van der Waals surface area contributed by atoms with Crippen LogP contribution in [0.4, 0.5) is 0 Å². The predicted molar refractivity (Wildman–Crippen MR) is 160 cm³/mol. The summed E-state index contributed by atoms with van der Waals surface area (Å²) in [5.41, 5.74) is 9.20. The molecule has 40 heavy (non-hydrogen) atoms. The molecule has 0 unspecified atom stereocenters. The summed E-state index contributed by atoms with van der Waals surface area (Å²) < 4.78 is 1.79. The molecule has 6 heteroatoms. The smallest absolute Gasteiger partial charge is 0.291 e. The summed E-state index contributed by atoms with van der Waals surface area (Å²) in [6, 6.07) is 39.2. The number of aromatic nitrogens is 2. The average Bonchev–Trinajstić information content (AvgIpc) is 3.44. The number of hydrazone groups is 1. The molecule has 0 aliphatic rings. The molecule has 194 valence electrons. The van der Waals surface area contributed by atoms with Crippen LogP contribution in [0.1, 0.15) is 21.6 Å². The van der Waals surface area contributed by atoms with E-state index in [9.17, 15) is 9.90 Å². The van der Waals surface area contributed by atoms with Gasteiger partial charge < -0.3 is 5.11 Å². The van der Waals surface area contributed by atoms with Gasteiger partial charge in [0, 0.05) is 11.1 Å². The lowest BCUT2D eigenvalue weighted by Crippen LogP contribution is -2.18. The Morgan fingerprint density at radius 2 is 1.48 bits per heavy atom. The molecular weight excluding hydrogens is 496 g/mol. The fraction of sp³-hybridized carbons (Fsp3) is 0.0294. The molecule has 1 aromatic heterocycles. The zero-order valence-electron chi connectivity index (χ0n) is 21.8. The van der Waals surface area contributed by atoms with Crippen LogP contribution >= 0.6 is 0 Å². The Morgan fingerprint density at radius 3 is 2.27 bits per heavy atom. The Labute approximate surface area is 231 Å². The number of aromatic hydroxyl groups is 1. The van der Waals surface area contributed by atoms with Gasteiger partial charge in [-0.15, -0.1) is 0 Å². The molecule has 0 saturated heterocycles. The number of rotatable bonds is 6. The highest BCUT2D eigenvalue weighted by Gasteiger charge is 2.18. The Balaban J connectivity index is 1.33. The normalized spacial score (nSPS) is 11.2. The monoisotopic (exact) mass is 522 g/mol. The van der Waals surface area contributed by atoms with E-state index in [0.717, 1.165) is 44.4 Å². The summed E-state index contributed by atoms with van der Waals surface area (Å²) in [6.45, 7) is 2.01. The van der Waals surface area contributed by atoms with E-state index in [4.69, 9.17) is 0 Å². The number of nitrogens with one attached hydrogen (secondary N) is 1. The van der Waals surface area contributed by atoms with Gasteiger partial charge in [-0.05, 0) is 52.6 Å². The van der Waals surface area contributed by atoms with Crippen LogP contribution in [-0.4, -0.2) is 27.0 Å². The number of fused-ring (bicyclic) bond motifs is 1. The summed E-state index contributed by atoms with van der Waals surface area (Å²) in [4.78, 5) is 13.2. The Bertz CT molecular complexity index is 1860. The number of para-hydroxylation sites is 1. The van der Waals surface area contributed by atoms with Gasteiger partial charge >= 0.3 is 0 Å². The fourth-order valence-electron chi connectivity index (χ4n) is 4.78. The van der Waals surface area contributed by atoms with Gasteiger partial charge in [-0.3, -0.25) is 4.79 Å². The summed E-state index contributed by atoms with van der Waals surface area (Å²) >= 11 is 0. The second-order valence-corrected chi connectivity index (χ2v) is 9.48. The first-order valence-corrected chi connectivity index (χ1v) is 12.9. The van der Waals surface area contributed by atoms with Crippen LogP contribution in [0.15, 0.2) is 126 Å². The molecule has 0 bridgehead atoms. The minimum absolute atomic E-state index is 0.0850. The van der Waals surface area contributed by atoms with Gasteiger partial charge in [-0.25, -0.2) is 10.1 Å². The van der Waals surface area contributed by atoms with Gasteiger partial charge in [0.05, 0.1) is 17.6 Å². The van der Waals surface area contributed by atoms with Crippen LogP contribution in [0.25, 0.3) is 38.8 Å². The van der Waals surface area contributed by atoms with E-state index in [2.05, 4.69) is 39.9 Å². The van der Waals surface area contributed by atoms with E-state index in [1.54, 1.807) is 16.8 Å². The molecule has 6 aromatic rings. The van der Waals surface area contributed by atoms with Crippen molar-refractivity contribution in [1.29, 1.82) is 0 Å². The van der Waals surface area contributed by atoms with Crippen LogP contribution in [0.3, 0.4) is 0 Å². The first-order valence-electron chi connectivity index (χ1n) is 12.9. The van der Waals surface area contributed by atoms with Gasteiger partial charge in [-0.1, -0.05) is 103 Å². The molecule has 1 heterocycles. The predicted octanol–water partition coefficient (Wildman–Crippen LogP) is 7.14. The highest BCUT2D eigenvalue weighted by molar-refractivity contribution is 6.03. The van der Waals surface area contributed by atoms with E-state index < -0.39 is 5.91 Å². The first-order chi connectivity index (χ1) is 19.6. The van der Waals surface area contributed by atoms with E-state index in [-0.39, 0.29) is 11.4 Å². The first kappa shape index (κ1) is 24.8. The van der Waals surface area contributed by atoms with E-state index in [0.29, 0.717) is 5.56 Å². The number of nitrogens with zero attached hydrogens (tertiary/aromatic N) is 3. The van der Waals surface area contributed by atoms with Crippen LogP contribution in [-0.2, 0) is 0 Å². The van der Waals surface area contributed by atoms with Crippen molar-refractivity contribution in [3.05, 3.63) is 138 Å². The maximum Gasteiger partial charge on any atom is 0.291 e. The fourth-order valence-corrected chi connectivity index (χ4v) is 4.78. The molecule has 0 radical (unpaired) electrons. The SMILES string of the molecule is Cc1ccccc1-n1nc(C(=O)N/N=C\c2c(O)ccc3ccccc23)cc1-c1ccc(-c2ccccc2)cc1. The quantitative estimate of drug-likeness (QED) is 0.180. The highest BCUT2D eigenvalue weighted by atomic mass is 16.3. The van der Waals surface area contributed by atoms with Gasteiger partial charge in [-0.2, -0.15) is 10.2 Å². The average molecular weight is 523 g/mol. The Hall–Kier alpha value is -5.49. The van der Waals surface area contributed by atoms with Crippen molar-refractivity contribution >= 4 is 22.9 Å². The summed E-state index contributed by atoms with van der Waals surface area (Å²) in [7, 11) is 0. The minimum Gasteiger partial charge on any atom is -0.507 e. The lowest BCUT2D eigenvalue weighted by atomic mass is 10.0. The number of hydrogen-bond donors (Lipinski definition) is 2. The third-order valence-electron chi connectivity index (χ3n) is 6.88. The lowest BCUT2D eigenvalue weighted by Gasteiger charge is -2.11. The number of phenolic OH excluding ortho intramolecular Hbond substituents is 1. The van der Waals surface area contributed by atoms with Crippen molar-refractivity contribution in [2.45, 2.75) is 6.92 Å². The lowest BCUT2D eigenvalue weighted by molar-refractivity contribution is 0.0949. The zero-order chi connectivity index (χ0) is 27.5. The molecule has 6 rings (SSSR count). The largest absolute Gasteiger partial charge is 0.507 e. The maximum absolute atomic E-state index is 13.2. The van der Waals surface area contributed by atoms with Crippen molar-refractivity contribution in [2.75, 3.05) is 0 Å². The van der Waals surface area contributed by atoms with Crippen LogP contribution in [0.2, 0.25) is 0 Å². The van der Waals surface area contributed by atoms with Crippen LogP contribution in [0.5, 0.6) is 5.75 Å². The second-order valence-electron chi connectivity index (χ2n) is 9.48. The molecule has 5 aromatic carbocycles. The number of amides is 1. The number of hydrogen-bond acceptors (Lipinski definition) is 4. The Morgan fingerprint density at radius 1 is 0.800 bits per heavy atom. The molecule has 0 saturated carbocycles. The molecular formula is C34H26N4O2. The number of carbonyl (C=O) groups excluding carboxylic acids is 1. The van der Waals surface area contributed by atoms with Crippen molar-refractivity contribution in [3.8, 4) is 33.8 Å². The highest BCUT2D eigenvalue weighted by Crippen LogP contribution is 2.29. The molecule has 6 nitrogen and oxygen atoms in total. The number of phenols is 1. The standard InChI is InChI=1S/C34H26N4O2/c1-23-9-5-8-14-31(23)38-32(27-17-15-25(16-18-27)24-10-3-2-4-11-24)21-30(37-38)34(40)36-35-22-29-28-13-7-6-12-26(28)19-20-33(29)39/h2-22,39H,1H3,(H,36,40)/b35-22-. The van der Waals surface area contributed by atoms with Crippen molar-refractivity contribution in [3.63, 3.8) is 0 Å².